The largest absolute Gasteiger partial charge is 0.465 e. The summed E-state index contributed by atoms with van der Waals surface area (Å²) in [5.74, 6) is 0.0123. The molecule has 0 saturated heterocycles. The van der Waals surface area contributed by atoms with E-state index in [0.29, 0.717) is 24.2 Å². The number of hydrogen-bond donors (Lipinski definition) is 3. The number of nitrogens with zero attached hydrogens (tertiary/aromatic N) is 1. The lowest BCUT2D eigenvalue weighted by atomic mass is 9.90. The van der Waals surface area contributed by atoms with Gasteiger partial charge in [0.15, 0.2) is 0 Å². The van der Waals surface area contributed by atoms with Crippen molar-refractivity contribution in [1.29, 1.82) is 0 Å². The van der Waals surface area contributed by atoms with Gasteiger partial charge in [-0.3, -0.25) is 4.79 Å². The van der Waals surface area contributed by atoms with Crippen LogP contribution in [0.4, 0.5) is 10.5 Å². The molecule has 0 unspecified atom stereocenters. The van der Waals surface area contributed by atoms with Gasteiger partial charge < -0.3 is 21.1 Å². The molecule has 1 heterocycles. The van der Waals surface area contributed by atoms with E-state index in [1.165, 1.54) is 0 Å². The van der Waals surface area contributed by atoms with Gasteiger partial charge in [-0.05, 0) is 43.4 Å². The second kappa shape index (κ2) is 5.27. The van der Waals surface area contributed by atoms with E-state index in [-0.39, 0.29) is 18.0 Å². The third-order valence-corrected chi connectivity index (χ3v) is 4.38. The van der Waals surface area contributed by atoms with Crippen molar-refractivity contribution < 1.29 is 14.7 Å². The summed E-state index contributed by atoms with van der Waals surface area (Å²) in [7, 11) is 0. The summed E-state index contributed by atoms with van der Waals surface area (Å²) in [6.45, 7) is 0.596. The van der Waals surface area contributed by atoms with Crippen LogP contribution < -0.4 is 11.1 Å². The first kappa shape index (κ1) is 13.7. The third kappa shape index (κ3) is 2.66. The number of nitrogens with two attached hydrogens (primary N) is 1. The Kier molecular flexibility index (Phi) is 3.45. The van der Waals surface area contributed by atoms with Crippen LogP contribution in [0.15, 0.2) is 18.2 Å². The molecule has 0 aromatic heterocycles. The molecule has 1 aromatic carbocycles. The fourth-order valence-corrected chi connectivity index (χ4v) is 3.39. The monoisotopic (exact) mass is 289 g/mol. The van der Waals surface area contributed by atoms with E-state index in [1.54, 1.807) is 6.07 Å². The number of carbonyl (C=O) groups is 2. The molecule has 2 atom stereocenters. The summed E-state index contributed by atoms with van der Waals surface area (Å²) >= 11 is 0. The lowest BCUT2D eigenvalue weighted by molar-refractivity contribution is 0.0641. The minimum atomic E-state index is -0.996. The Bertz CT molecular complexity index is 588. The lowest BCUT2D eigenvalue weighted by Crippen LogP contribution is -2.45. The molecule has 0 radical (unpaired) electrons. The Labute approximate surface area is 122 Å². The third-order valence-electron chi connectivity index (χ3n) is 4.38. The normalized spacial score (nSPS) is 24.8. The molecule has 3 rings (SSSR count). The van der Waals surface area contributed by atoms with Gasteiger partial charge in [-0.2, -0.15) is 0 Å². The molecule has 1 aromatic rings. The highest BCUT2D eigenvalue weighted by Gasteiger charge is 2.35. The molecule has 1 aliphatic heterocycles. The van der Waals surface area contributed by atoms with Gasteiger partial charge in [-0.25, -0.2) is 4.79 Å². The summed E-state index contributed by atoms with van der Waals surface area (Å²) in [6, 6.07) is 5.47. The molecule has 2 amide bonds. The minimum absolute atomic E-state index is 0.0123. The number of rotatable bonds is 2. The van der Waals surface area contributed by atoms with Crippen molar-refractivity contribution in [3.05, 3.63) is 29.3 Å². The van der Waals surface area contributed by atoms with Gasteiger partial charge in [-0.15, -0.1) is 0 Å². The molecule has 6 heteroatoms. The Morgan fingerprint density at radius 3 is 2.95 bits per heavy atom. The average Bonchev–Trinajstić information content (AvgIpc) is 2.76. The summed E-state index contributed by atoms with van der Waals surface area (Å²) in [4.78, 5) is 25.1. The number of benzene rings is 1. The molecule has 1 aliphatic carbocycles. The number of amides is 2. The maximum absolute atomic E-state index is 12.5. The minimum Gasteiger partial charge on any atom is -0.465 e. The first-order chi connectivity index (χ1) is 10.0. The van der Waals surface area contributed by atoms with E-state index in [2.05, 4.69) is 5.32 Å². The van der Waals surface area contributed by atoms with E-state index >= 15 is 0 Å². The Morgan fingerprint density at radius 2 is 2.19 bits per heavy atom. The number of anilines is 1. The van der Waals surface area contributed by atoms with Crippen molar-refractivity contribution in [2.45, 2.75) is 44.3 Å². The second-order valence-electron chi connectivity index (χ2n) is 5.82. The number of nitrogen functional groups attached to an aromatic ring is 1. The van der Waals surface area contributed by atoms with Gasteiger partial charge in [0, 0.05) is 29.9 Å². The van der Waals surface area contributed by atoms with Crippen LogP contribution >= 0.6 is 0 Å². The summed E-state index contributed by atoms with van der Waals surface area (Å²) in [6.07, 6.45) is 2.38. The van der Waals surface area contributed by atoms with Crippen LogP contribution in [0.2, 0.25) is 0 Å². The number of fused-ring (bicyclic) bond motifs is 1. The standard InChI is InChI=1S/C15H19N3O3/c16-10-5-4-9-8-18(14(19)13(9)6-10)12-3-1-2-11(7-12)17-15(20)21/h4-6,11-12,17H,1-3,7-8,16H2,(H,20,21)/t11-,12+/m1/s1. The predicted octanol–water partition coefficient (Wildman–Crippen LogP) is 1.80. The molecular weight excluding hydrogens is 270 g/mol. The number of hydrogen-bond acceptors (Lipinski definition) is 3. The van der Waals surface area contributed by atoms with Gasteiger partial charge in [0.25, 0.3) is 5.91 Å². The van der Waals surface area contributed by atoms with Crippen LogP contribution in [0, 0.1) is 0 Å². The van der Waals surface area contributed by atoms with E-state index < -0.39 is 6.09 Å². The molecule has 6 nitrogen and oxygen atoms in total. The van der Waals surface area contributed by atoms with Crippen LogP contribution in [-0.2, 0) is 6.54 Å². The van der Waals surface area contributed by atoms with Crippen LogP contribution in [-0.4, -0.2) is 34.1 Å². The molecule has 1 fully saturated rings. The molecular formula is C15H19N3O3. The maximum Gasteiger partial charge on any atom is 0.404 e. The Morgan fingerprint density at radius 1 is 1.38 bits per heavy atom. The topological polar surface area (TPSA) is 95.7 Å². The molecule has 4 N–H and O–H groups in total. The zero-order valence-electron chi connectivity index (χ0n) is 11.7. The highest BCUT2D eigenvalue weighted by Crippen LogP contribution is 2.31. The maximum atomic E-state index is 12.5. The number of carboxylic acid groups (broad SMARTS) is 1. The fraction of sp³-hybridized carbons (Fsp3) is 0.467. The van der Waals surface area contributed by atoms with E-state index in [1.807, 2.05) is 17.0 Å². The molecule has 112 valence electrons. The van der Waals surface area contributed by atoms with Crippen LogP contribution in [0.5, 0.6) is 0 Å². The van der Waals surface area contributed by atoms with E-state index in [0.717, 1.165) is 24.8 Å². The van der Waals surface area contributed by atoms with Crippen molar-refractivity contribution in [2.24, 2.45) is 0 Å². The van der Waals surface area contributed by atoms with Crippen LogP contribution in [0.25, 0.3) is 0 Å². The van der Waals surface area contributed by atoms with Crippen molar-refractivity contribution >= 4 is 17.7 Å². The number of nitrogens with one attached hydrogen (secondary N) is 1. The Balaban J connectivity index is 1.74. The van der Waals surface area contributed by atoms with Gasteiger partial charge >= 0.3 is 6.09 Å². The predicted molar refractivity (Wildman–Crippen MR) is 77.9 cm³/mol. The molecule has 2 aliphatic rings. The first-order valence-electron chi connectivity index (χ1n) is 7.23. The highest BCUT2D eigenvalue weighted by atomic mass is 16.4. The zero-order valence-corrected chi connectivity index (χ0v) is 11.7. The first-order valence-corrected chi connectivity index (χ1v) is 7.23. The van der Waals surface area contributed by atoms with Gasteiger partial charge in [0.1, 0.15) is 0 Å². The molecule has 21 heavy (non-hydrogen) atoms. The molecule has 1 saturated carbocycles. The van der Waals surface area contributed by atoms with Gasteiger partial charge in [-0.1, -0.05) is 6.07 Å². The van der Waals surface area contributed by atoms with Gasteiger partial charge in [0.2, 0.25) is 0 Å². The van der Waals surface area contributed by atoms with Crippen molar-refractivity contribution in [3.63, 3.8) is 0 Å². The average molecular weight is 289 g/mol. The summed E-state index contributed by atoms with van der Waals surface area (Å²) in [5, 5.41) is 11.4. The second-order valence-corrected chi connectivity index (χ2v) is 5.82. The summed E-state index contributed by atoms with van der Waals surface area (Å²) in [5.41, 5.74) is 8.03. The lowest BCUT2D eigenvalue weighted by Gasteiger charge is -2.35. The highest BCUT2D eigenvalue weighted by molar-refractivity contribution is 5.99. The zero-order chi connectivity index (χ0) is 15.0. The molecule has 0 spiro atoms. The molecule has 0 bridgehead atoms. The van der Waals surface area contributed by atoms with Crippen molar-refractivity contribution in [2.75, 3.05) is 5.73 Å². The Hall–Kier alpha value is -2.24. The van der Waals surface area contributed by atoms with Crippen LogP contribution in [0.1, 0.15) is 41.6 Å². The van der Waals surface area contributed by atoms with E-state index in [9.17, 15) is 9.59 Å². The van der Waals surface area contributed by atoms with Crippen LogP contribution in [0.3, 0.4) is 0 Å². The van der Waals surface area contributed by atoms with Gasteiger partial charge in [0.05, 0.1) is 0 Å². The van der Waals surface area contributed by atoms with Crippen molar-refractivity contribution in [3.8, 4) is 0 Å². The quantitative estimate of drug-likeness (QED) is 0.723. The fourth-order valence-electron chi connectivity index (χ4n) is 3.39. The van der Waals surface area contributed by atoms with Crippen molar-refractivity contribution in [1.82, 2.24) is 10.2 Å². The van der Waals surface area contributed by atoms with E-state index in [4.69, 9.17) is 10.8 Å². The SMILES string of the molecule is Nc1ccc2c(c1)C(=O)N([C@H]1CCC[C@@H](NC(=O)O)C1)C2. The summed E-state index contributed by atoms with van der Waals surface area (Å²) < 4.78 is 0. The smallest absolute Gasteiger partial charge is 0.404 e. The number of carbonyl (C=O) groups excluding carboxylic acids is 1.